The third-order valence-electron chi connectivity index (χ3n) is 8.13. The normalized spacial score (nSPS) is 21.4. The van der Waals surface area contributed by atoms with Crippen LogP contribution in [0.25, 0.3) is 0 Å². The summed E-state index contributed by atoms with van der Waals surface area (Å²) in [4.78, 5) is 2.04. The largest absolute Gasteiger partial charge is 0.497 e. The molecular formula is C33H45N2O4P. The highest BCUT2D eigenvalue weighted by Gasteiger charge is 2.44. The maximum absolute atomic E-state index is 15.8. The summed E-state index contributed by atoms with van der Waals surface area (Å²) in [5.41, 5.74) is 2.62. The van der Waals surface area contributed by atoms with Crippen LogP contribution in [-0.2, 0) is 9.09 Å². The summed E-state index contributed by atoms with van der Waals surface area (Å²) in [6, 6.07) is 23.5. The summed E-state index contributed by atoms with van der Waals surface area (Å²) in [6.45, 7) is 6.77. The summed E-state index contributed by atoms with van der Waals surface area (Å²) in [6.07, 6.45) is 3.00. The molecule has 6 nitrogen and oxygen atoms in total. The SMILES string of the molecule is COc1ccc(OC)c([C@@H](Nc2ccccc2)[P@@](=O)(O[C@@H]2C[C@@H](C)CC[C@@H]2C(C)C)c2ccc(N(C)C)cc2)c1. The van der Waals surface area contributed by atoms with Crippen LogP contribution >= 0.6 is 7.37 Å². The van der Waals surface area contributed by atoms with Crippen molar-refractivity contribution in [1.29, 1.82) is 0 Å². The lowest BCUT2D eigenvalue weighted by Gasteiger charge is -2.41. The fourth-order valence-electron chi connectivity index (χ4n) is 5.76. The van der Waals surface area contributed by atoms with Crippen molar-refractivity contribution in [1.82, 2.24) is 0 Å². The lowest BCUT2D eigenvalue weighted by molar-refractivity contribution is 0.0488. The van der Waals surface area contributed by atoms with Gasteiger partial charge in [-0.2, -0.15) is 0 Å². The Morgan fingerprint density at radius 1 is 0.925 bits per heavy atom. The summed E-state index contributed by atoms with van der Waals surface area (Å²) in [5.74, 6) is 1.84. The van der Waals surface area contributed by atoms with Crippen molar-refractivity contribution in [3.63, 3.8) is 0 Å². The first-order valence-electron chi connectivity index (χ1n) is 14.3. The summed E-state index contributed by atoms with van der Waals surface area (Å²) in [5, 5.41) is 4.29. The quantitative estimate of drug-likeness (QED) is 0.239. The van der Waals surface area contributed by atoms with Gasteiger partial charge in [0, 0.05) is 36.3 Å². The lowest BCUT2D eigenvalue weighted by atomic mass is 9.75. The molecule has 0 bridgehead atoms. The van der Waals surface area contributed by atoms with E-state index in [9.17, 15) is 0 Å². The summed E-state index contributed by atoms with van der Waals surface area (Å²) < 4.78 is 34.3. The first-order chi connectivity index (χ1) is 19.2. The molecule has 5 atom stereocenters. The number of nitrogens with zero attached hydrogens (tertiary/aromatic N) is 1. The van der Waals surface area contributed by atoms with Crippen LogP contribution in [0.2, 0.25) is 0 Å². The number of hydrogen-bond donors (Lipinski definition) is 1. The van der Waals surface area contributed by atoms with Crippen molar-refractivity contribution in [2.45, 2.75) is 51.9 Å². The van der Waals surface area contributed by atoms with E-state index in [1.807, 2.05) is 91.8 Å². The van der Waals surface area contributed by atoms with Crippen LogP contribution in [0, 0.1) is 17.8 Å². The molecule has 7 heteroatoms. The Bertz CT molecular complexity index is 1280. The van der Waals surface area contributed by atoms with E-state index in [-0.39, 0.29) is 6.10 Å². The molecule has 216 valence electrons. The Hall–Kier alpha value is -2.95. The number of rotatable bonds is 11. The monoisotopic (exact) mass is 564 g/mol. The highest BCUT2D eigenvalue weighted by atomic mass is 31.2. The molecule has 0 spiro atoms. The lowest BCUT2D eigenvalue weighted by Crippen LogP contribution is -2.36. The Labute approximate surface area is 240 Å². The Morgan fingerprint density at radius 2 is 1.62 bits per heavy atom. The predicted molar refractivity (Wildman–Crippen MR) is 167 cm³/mol. The van der Waals surface area contributed by atoms with Gasteiger partial charge >= 0.3 is 0 Å². The number of anilines is 2. The molecular weight excluding hydrogens is 519 g/mol. The van der Waals surface area contributed by atoms with E-state index < -0.39 is 13.2 Å². The van der Waals surface area contributed by atoms with E-state index >= 15 is 4.57 Å². The van der Waals surface area contributed by atoms with Crippen molar-refractivity contribution in [3.8, 4) is 11.5 Å². The van der Waals surface area contributed by atoms with E-state index in [4.69, 9.17) is 14.0 Å². The second-order valence-electron chi connectivity index (χ2n) is 11.5. The fraction of sp³-hybridized carbons (Fsp3) is 0.455. The average Bonchev–Trinajstić information content (AvgIpc) is 2.96. The number of hydrogen-bond acceptors (Lipinski definition) is 6. The Kier molecular flexibility index (Phi) is 9.86. The van der Waals surface area contributed by atoms with Gasteiger partial charge in [-0.3, -0.25) is 4.57 Å². The molecule has 1 saturated carbocycles. The molecule has 0 saturated heterocycles. The van der Waals surface area contributed by atoms with Gasteiger partial charge < -0.3 is 24.2 Å². The first kappa shape index (κ1) is 30.0. The van der Waals surface area contributed by atoms with Gasteiger partial charge in [0.2, 0.25) is 0 Å². The van der Waals surface area contributed by atoms with Crippen molar-refractivity contribution < 1.29 is 18.6 Å². The zero-order chi connectivity index (χ0) is 28.9. The summed E-state index contributed by atoms with van der Waals surface area (Å²) >= 11 is 0. The maximum Gasteiger partial charge on any atom is 0.258 e. The van der Waals surface area contributed by atoms with Gasteiger partial charge in [-0.15, -0.1) is 0 Å². The molecule has 0 radical (unpaired) electrons. The third-order valence-corrected chi connectivity index (χ3v) is 10.8. The van der Waals surface area contributed by atoms with E-state index in [0.717, 1.165) is 29.8 Å². The van der Waals surface area contributed by atoms with E-state index in [0.29, 0.717) is 34.6 Å². The van der Waals surface area contributed by atoms with Crippen LogP contribution in [0.4, 0.5) is 11.4 Å². The van der Waals surface area contributed by atoms with Crippen molar-refractivity contribution in [3.05, 3.63) is 78.4 Å². The van der Waals surface area contributed by atoms with Gasteiger partial charge in [-0.25, -0.2) is 0 Å². The van der Waals surface area contributed by atoms with E-state index in [2.05, 4.69) is 26.1 Å². The topological polar surface area (TPSA) is 60.0 Å². The van der Waals surface area contributed by atoms with Crippen LogP contribution in [0.3, 0.4) is 0 Å². The maximum atomic E-state index is 15.8. The minimum absolute atomic E-state index is 0.125. The van der Waals surface area contributed by atoms with E-state index in [1.165, 1.54) is 6.42 Å². The predicted octanol–water partition coefficient (Wildman–Crippen LogP) is 7.96. The number of ether oxygens (including phenoxy) is 2. The van der Waals surface area contributed by atoms with Crippen LogP contribution in [0.1, 0.15) is 51.4 Å². The molecule has 40 heavy (non-hydrogen) atoms. The Balaban J connectivity index is 1.93. The second-order valence-corrected chi connectivity index (χ2v) is 13.9. The fourth-order valence-corrected chi connectivity index (χ4v) is 8.40. The highest BCUT2D eigenvalue weighted by Crippen LogP contribution is 2.63. The smallest absolute Gasteiger partial charge is 0.258 e. The standard InChI is InChI=1S/C33H45N2O4P/c1-23(2)29-19-13-24(3)21-32(29)39-40(36,28-17-14-26(15-18-28)35(4)5)33(34-25-11-9-8-10-12-25)30-22-27(37-6)16-20-31(30)38-7/h8-12,14-18,20,22-24,29,32-34H,13,19,21H2,1-7H3/t24-,29+,32+,33-,40-/m0/s1. The molecule has 1 aliphatic carbocycles. The number of benzene rings is 3. The number of para-hydroxylation sites is 1. The first-order valence-corrected chi connectivity index (χ1v) is 15.9. The molecule has 0 heterocycles. The molecule has 1 fully saturated rings. The Morgan fingerprint density at radius 3 is 2.23 bits per heavy atom. The van der Waals surface area contributed by atoms with Crippen molar-refractivity contribution in [2.75, 3.05) is 38.5 Å². The van der Waals surface area contributed by atoms with Gasteiger partial charge in [0.1, 0.15) is 17.3 Å². The zero-order valence-corrected chi connectivity index (χ0v) is 25.9. The molecule has 0 aromatic heterocycles. The molecule has 1 aliphatic rings. The molecule has 0 aliphatic heterocycles. The van der Waals surface area contributed by atoms with Crippen LogP contribution < -0.4 is 25.0 Å². The van der Waals surface area contributed by atoms with Crippen LogP contribution in [-0.4, -0.2) is 34.4 Å². The van der Waals surface area contributed by atoms with E-state index in [1.54, 1.807) is 14.2 Å². The zero-order valence-electron chi connectivity index (χ0n) is 25.0. The van der Waals surface area contributed by atoms with Crippen LogP contribution in [0.5, 0.6) is 11.5 Å². The molecule has 3 aromatic carbocycles. The minimum Gasteiger partial charge on any atom is -0.497 e. The van der Waals surface area contributed by atoms with Gasteiger partial charge in [-0.05, 0) is 85.2 Å². The molecule has 0 amide bonds. The van der Waals surface area contributed by atoms with Crippen molar-refractivity contribution in [2.24, 2.45) is 17.8 Å². The third kappa shape index (κ3) is 6.67. The van der Waals surface area contributed by atoms with Gasteiger partial charge in [0.25, 0.3) is 7.37 Å². The second kappa shape index (κ2) is 13.1. The van der Waals surface area contributed by atoms with Crippen molar-refractivity contribution >= 4 is 24.0 Å². The number of nitrogens with one attached hydrogen (secondary N) is 1. The minimum atomic E-state index is -3.63. The van der Waals surface area contributed by atoms with Gasteiger partial charge in [-0.1, -0.05) is 45.4 Å². The highest BCUT2D eigenvalue weighted by molar-refractivity contribution is 7.67. The van der Waals surface area contributed by atoms with Crippen LogP contribution in [0.15, 0.2) is 72.8 Å². The van der Waals surface area contributed by atoms with Gasteiger partial charge in [0.15, 0.2) is 0 Å². The average molecular weight is 565 g/mol. The molecule has 0 unspecified atom stereocenters. The number of methoxy groups -OCH3 is 2. The molecule has 3 aromatic rings. The molecule has 4 rings (SSSR count). The van der Waals surface area contributed by atoms with Gasteiger partial charge in [0.05, 0.1) is 20.3 Å². The summed E-state index contributed by atoms with van der Waals surface area (Å²) in [7, 11) is 3.65. The molecule has 1 N–H and O–H groups in total.